The summed E-state index contributed by atoms with van der Waals surface area (Å²) in [5.41, 5.74) is 1.36. The minimum absolute atomic E-state index is 0.223. The first-order chi connectivity index (χ1) is 10.6. The molecule has 0 aliphatic carbocycles. The summed E-state index contributed by atoms with van der Waals surface area (Å²) in [5.74, 6) is 0.928. The molecular weight excluding hydrogens is 276 g/mol. The van der Waals surface area contributed by atoms with E-state index in [1.54, 1.807) is 24.4 Å². The Balaban J connectivity index is 1.90. The molecule has 0 unspecified atom stereocenters. The van der Waals surface area contributed by atoms with Crippen LogP contribution >= 0.6 is 0 Å². The number of nitrogens with one attached hydrogen (secondary N) is 1. The molecule has 1 N–H and O–H groups in total. The number of hydrogen-bond acceptors (Lipinski definition) is 4. The Kier molecular flexibility index (Phi) is 3.70. The molecule has 5 nitrogen and oxygen atoms in total. The highest BCUT2D eigenvalue weighted by Crippen LogP contribution is 2.18. The van der Waals surface area contributed by atoms with Gasteiger partial charge in [-0.15, -0.1) is 0 Å². The first-order valence-electron chi connectivity index (χ1n) is 6.94. The zero-order valence-electron chi connectivity index (χ0n) is 12.4. The van der Waals surface area contributed by atoms with E-state index < -0.39 is 0 Å². The third-order valence-corrected chi connectivity index (χ3v) is 3.29. The third-order valence-electron chi connectivity index (χ3n) is 3.29. The van der Waals surface area contributed by atoms with Crippen molar-refractivity contribution in [2.24, 2.45) is 0 Å². The molecule has 2 heterocycles. The van der Waals surface area contributed by atoms with E-state index in [1.807, 2.05) is 49.3 Å². The summed E-state index contributed by atoms with van der Waals surface area (Å²) in [5, 5.41) is 3.87. The van der Waals surface area contributed by atoms with Crippen molar-refractivity contribution in [3.8, 4) is 0 Å². The van der Waals surface area contributed by atoms with Crippen LogP contribution in [0.25, 0.3) is 10.9 Å². The zero-order chi connectivity index (χ0) is 15.5. The monoisotopic (exact) mass is 292 g/mol. The molecule has 22 heavy (non-hydrogen) atoms. The zero-order valence-corrected chi connectivity index (χ0v) is 12.4. The van der Waals surface area contributed by atoms with Crippen LogP contribution in [0.1, 0.15) is 10.4 Å². The molecule has 0 saturated carbocycles. The minimum atomic E-state index is -0.223. The number of rotatable bonds is 3. The molecule has 0 radical (unpaired) electrons. The van der Waals surface area contributed by atoms with Gasteiger partial charge in [-0.1, -0.05) is 18.2 Å². The van der Waals surface area contributed by atoms with E-state index in [4.69, 9.17) is 0 Å². The predicted molar refractivity (Wildman–Crippen MR) is 88.3 cm³/mol. The van der Waals surface area contributed by atoms with Crippen LogP contribution in [0.4, 0.5) is 11.6 Å². The topological polar surface area (TPSA) is 58.1 Å². The van der Waals surface area contributed by atoms with E-state index in [0.717, 1.165) is 10.9 Å². The number of carbonyl (C=O) groups excluding carboxylic acids is 1. The first kappa shape index (κ1) is 14.0. The number of nitrogens with zero attached hydrogens (tertiary/aromatic N) is 3. The maximum atomic E-state index is 12.5. The fraction of sp³-hybridized carbons (Fsp3) is 0.118. The van der Waals surface area contributed by atoms with E-state index in [0.29, 0.717) is 17.2 Å². The van der Waals surface area contributed by atoms with E-state index in [1.165, 1.54) is 0 Å². The highest BCUT2D eigenvalue weighted by Gasteiger charge is 2.14. The largest absolute Gasteiger partial charge is 0.362 e. The second-order valence-electron chi connectivity index (χ2n) is 5.11. The van der Waals surface area contributed by atoms with Crippen LogP contribution < -0.4 is 10.2 Å². The van der Waals surface area contributed by atoms with Gasteiger partial charge in [-0.2, -0.15) is 0 Å². The van der Waals surface area contributed by atoms with E-state index in [-0.39, 0.29) is 5.91 Å². The molecule has 110 valence electrons. The minimum Gasteiger partial charge on any atom is -0.362 e. The molecular formula is C17H16N4O. The lowest BCUT2D eigenvalue weighted by Gasteiger charge is -2.15. The number of carbonyl (C=O) groups is 1. The Labute approximate surface area is 128 Å². The van der Waals surface area contributed by atoms with Gasteiger partial charge < -0.3 is 10.2 Å². The summed E-state index contributed by atoms with van der Waals surface area (Å²) in [7, 11) is 3.71. The normalized spacial score (nSPS) is 10.5. The highest BCUT2D eigenvalue weighted by atomic mass is 16.1. The SMILES string of the molecule is CN(C)c1ncccc1C(=O)Nc1ccc2ccccc2n1. The van der Waals surface area contributed by atoms with Crippen LogP contribution in [0.3, 0.4) is 0 Å². The predicted octanol–water partition coefficient (Wildman–Crippen LogP) is 2.95. The average Bonchev–Trinajstić information content (AvgIpc) is 2.54. The van der Waals surface area contributed by atoms with Crippen molar-refractivity contribution in [1.82, 2.24) is 9.97 Å². The Hall–Kier alpha value is -2.95. The van der Waals surface area contributed by atoms with Crippen LogP contribution in [0.2, 0.25) is 0 Å². The van der Waals surface area contributed by atoms with Crippen molar-refractivity contribution >= 4 is 28.4 Å². The fourth-order valence-electron chi connectivity index (χ4n) is 2.25. The van der Waals surface area contributed by atoms with Gasteiger partial charge in [0, 0.05) is 25.7 Å². The number of hydrogen-bond donors (Lipinski definition) is 1. The lowest BCUT2D eigenvalue weighted by atomic mass is 10.2. The standard InChI is InChI=1S/C17H16N4O/c1-21(2)16-13(7-5-11-18-16)17(22)20-15-10-9-12-6-3-4-8-14(12)19-15/h3-11H,1-2H3,(H,19,20,22). The quantitative estimate of drug-likeness (QED) is 0.806. The fourth-order valence-corrected chi connectivity index (χ4v) is 2.25. The average molecular weight is 292 g/mol. The maximum absolute atomic E-state index is 12.5. The smallest absolute Gasteiger partial charge is 0.260 e. The molecule has 0 fully saturated rings. The molecule has 0 atom stereocenters. The Bertz CT molecular complexity index is 830. The van der Waals surface area contributed by atoms with Crippen molar-refractivity contribution in [3.05, 3.63) is 60.3 Å². The number of anilines is 2. The van der Waals surface area contributed by atoms with Crippen LogP contribution in [0.5, 0.6) is 0 Å². The second kappa shape index (κ2) is 5.81. The molecule has 1 aromatic carbocycles. The molecule has 0 aliphatic heterocycles. The van der Waals surface area contributed by atoms with Crippen molar-refractivity contribution in [2.45, 2.75) is 0 Å². The third kappa shape index (κ3) is 2.74. The Morgan fingerprint density at radius 1 is 1.05 bits per heavy atom. The Morgan fingerprint density at radius 2 is 1.86 bits per heavy atom. The van der Waals surface area contributed by atoms with Gasteiger partial charge in [0.2, 0.25) is 0 Å². The van der Waals surface area contributed by atoms with Crippen LogP contribution in [-0.4, -0.2) is 30.0 Å². The number of amides is 1. The number of fused-ring (bicyclic) bond motifs is 1. The number of para-hydroxylation sites is 1. The van der Waals surface area contributed by atoms with Crippen LogP contribution in [0.15, 0.2) is 54.7 Å². The highest BCUT2D eigenvalue weighted by molar-refractivity contribution is 6.07. The van der Waals surface area contributed by atoms with Crippen molar-refractivity contribution in [3.63, 3.8) is 0 Å². The summed E-state index contributed by atoms with van der Waals surface area (Å²) < 4.78 is 0. The summed E-state index contributed by atoms with van der Waals surface area (Å²) in [6.07, 6.45) is 1.67. The van der Waals surface area contributed by atoms with Crippen LogP contribution in [0, 0.1) is 0 Å². The summed E-state index contributed by atoms with van der Waals surface area (Å²) in [6, 6.07) is 15.0. The van der Waals surface area contributed by atoms with Crippen molar-refractivity contribution in [1.29, 1.82) is 0 Å². The second-order valence-corrected chi connectivity index (χ2v) is 5.11. The van der Waals surface area contributed by atoms with Gasteiger partial charge in [-0.25, -0.2) is 9.97 Å². The molecule has 0 spiro atoms. The summed E-state index contributed by atoms with van der Waals surface area (Å²) in [4.78, 5) is 23.0. The van der Waals surface area contributed by atoms with Gasteiger partial charge in [0.15, 0.2) is 0 Å². The molecule has 3 aromatic rings. The summed E-state index contributed by atoms with van der Waals surface area (Å²) in [6.45, 7) is 0. The summed E-state index contributed by atoms with van der Waals surface area (Å²) >= 11 is 0. The number of aromatic nitrogens is 2. The molecule has 0 aliphatic rings. The van der Waals surface area contributed by atoms with E-state index in [2.05, 4.69) is 15.3 Å². The molecule has 2 aromatic heterocycles. The van der Waals surface area contributed by atoms with E-state index in [9.17, 15) is 4.79 Å². The lowest BCUT2D eigenvalue weighted by molar-refractivity contribution is 0.102. The molecule has 0 bridgehead atoms. The Morgan fingerprint density at radius 3 is 2.68 bits per heavy atom. The maximum Gasteiger partial charge on any atom is 0.260 e. The van der Waals surface area contributed by atoms with Gasteiger partial charge in [-0.3, -0.25) is 4.79 Å². The first-order valence-corrected chi connectivity index (χ1v) is 6.94. The molecule has 0 saturated heterocycles. The van der Waals surface area contributed by atoms with Gasteiger partial charge in [0.1, 0.15) is 11.6 Å². The number of pyridine rings is 2. The lowest BCUT2D eigenvalue weighted by Crippen LogP contribution is -2.20. The van der Waals surface area contributed by atoms with Gasteiger partial charge in [-0.05, 0) is 30.3 Å². The van der Waals surface area contributed by atoms with Gasteiger partial charge in [0.05, 0.1) is 11.1 Å². The molecule has 5 heteroatoms. The van der Waals surface area contributed by atoms with Crippen LogP contribution in [-0.2, 0) is 0 Å². The molecule has 3 rings (SSSR count). The number of benzene rings is 1. The van der Waals surface area contributed by atoms with Gasteiger partial charge in [0.25, 0.3) is 5.91 Å². The van der Waals surface area contributed by atoms with Gasteiger partial charge >= 0.3 is 0 Å². The van der Waals surface area contributed by atoms with Crippen molar-refractivity contribution in [2.75, 3.05) is 24.3 Å². The van der Waals surface area contributed by atoms with E-state index >= 15 is 0 Å². The molecule has 1 amide bonds. The van der Waals surface area contributed by atoms with Crippen molar-refractivity contribution < 1.29 is 4.79 Å².